The highest BCUT2D eigenvalue weighted by molar-refractivity contribution is 5.67. The molecule has 0 amide bonds. The van der Waals surface area contributed by atoms with E-state index in [0.29, 0.717) is 30.4 Å². The fraction of sp³-hybridized carbons (Fsp3) is 0.368. The van der Waals surface area contributed by atoms with Crippen LogP contribution in [0, 0.1) is 17.6 Å². The summed E-state index contributed by atoms with van der Waals surface area (Å²) in [6, 6.07) is 10.7. The van der Waals surface area contributed by atoms with Gasteiger partial charge in [-0.25, -0.2) is 8.78 Å². The van der Waals surface area contributed by atoms with Crippen LogP contribution in [0.25, 0.3) is 11.1 Å². The van der Waals surface area contributed by atoms with Gasteiger partial charge in [0.15, 0.2) is 0 Å². The largest absolute Gasteiger partial charge is 0.375 e. The molecule has 2 bridgehead atoms. The van der Waals surface area contributed by atoms with Gasteiger partial charge in [-0.1, -0.05) is 18.2 Å². The van der Waals surface area contributed by atoms with Gasteiger partial charge in [0.1, 0.15) is 11.6 Å². The zero-order valence-electron chi connectivity index (χ0n) is 13.2. The summed E-state index contributed by atoms with van der Waals surface area (Å²) in [5, 5.41) is 0. The Morgan fingerprint density at radius 2 is 1.88 bits per heavy atom. The highest BCUT2D eigenvalue weighted by atomic mass is 19.1. The molecule has 2 aromatic carbocycles. The number of ether oxygens (including phenoxy) is 1. The van der Waals surface area contributed by atoms with E-state index < -0.39 is 11.6 Å². The minimum Gasteiger partial charge on any atom is -0.375 e. The van der Waals surface area contributed by atoms with E-state index in [2.05, 4.69) is 5.48 Å². The van der Waals surface area contributed by atoms with Crippen molar-refractivity contribution in [1.29, 1.82) is 0 Å². The molecule has 1 N–H and O–H groups in total. The number of hydrogen-bond donors (Lipinski definition) is 1. The number of hydrogen-bond acceptors (Lipinski definition) is 3. The fourth-order valence-electron chi connectivity index (χ4n) is 3.63. The molecule has 0 spiro atoms. The second-order valence-electron chi connectivity index (χ2n) is 6.46. The summed E-state index contributed by atoms with van der Waals surface area (Å²) in [5.74, 6) is -0.527. The van der Waals surface area contributed by atoms with Crippen LogP contribution >= 0.6 is 0 Å². The molecular formula is C19H19F2NO2. The third kappa shape index (κ3) is 3.01. The Kier molecular flexibility index (Phi) is 4.21. The van der Waals surface area contributed by atoms with Crippen molar-refractivity contribution in [2.45, 2.75) is 31.5 Å². The van der Waals surface area contributed by atoms with Crippen molar-refractivity contribution in [3.05, 3.63) is 54.1 Å². The van der Waals surface area contributed by atoms with Crippen molar-refractivity contribution in [1.82, 2.24) is 0 Å². The van der Waals surface area contributed by atoms with Gasteiger partial charge in [0.05, 0.1) is 24.5 Å². The lowest BCUT2D eigenvalue weighted by atomic mass is 9.90. The number of fused-ring (bicyclic) bond motifs is 2. The van der Waals surface area contributed by atoms with E-state index in [1.165, 1.54) is 12.1 Å². The molecule has 2 fully saturated rings. The maximum atomic E-state index is 14.3. The first-order valence-corrected chi connectivity index (χ1v) is 8.28. The van der Waals surface area contributed by atoms with E-state index in [1.54, 1.807) is 30.3 Å². The van der Waals surface area contributed by atoms with Crippen molar-refractivity contribution < 1.29 is 18.4 Å². The average molecular weight is 331 g/mol. The smallest absolute Gasteiger partial charge is 0.133 e. The van der Waals surface area contributed by atoms with Crippen molar-refractivity contribution in [3.8, 4) is 11.1 Å². The summed E-state index contributed by atoms with van der Waals surface area (Å²) in [6.07, 6.45) is 3.98. The van der Waals surface area contributed by atoms with E-state index >= 15 is 0 Å². The summed E-state index contributed by atoms with van der Waals surface area (Å²) < 4.78 is 33.8. The third-order valence-electron chi connectivity index (χ3n) is 4.85. The summed E-state index contributed by atoms with van der Waals surface area (Å²) in [5.41, 5.74) is 3.77. The lowest BCUT2D eigenvalue weighted by Crippen LogP contribution is -2.23. The fourth-order valence-corrected chi connectivity index (χ4v) is 3.63. The van der Waals surface area contributed by atoms with Gasteiger partial charge in [-0.2, -0.15) is 0 Å². The van der Waals surface area contributed by atoms with Crippen LogP contribution in [0.4, 0.5) is 14.5 Å². The summed E-state index contributed by atoms with van der Waals surface area (Å²) in [4.78, 5) is 5.51. The van der Waals surface area contributed by atoms with Crippen LogP contribution in [-0.2, 0) is 9.57 Å². The molecule has 0 unspecified atom stereocenters. The Balaban J connectivity index is 1.38. The Morgan fingerprint density at radius 1 is 1.04 bits per heavy atom. The molecule has 24 heavy (non-hydrogen) atoms. The van der Waals surface area contributed by atoms with E-state index in [9.17, 15) is 8.78 Å². The molecule has 5 heteroatoms. The maximum Gasteiger partial charge on any atom is 0.133 e. The zero-order valence-corrected chi connectivity index (χ0v) is 13.2. The van der Waals surface area contributed by atoms with Gasteiger partial charge in [0.2, 0.25) is 0 Å². The first-order chi connectivity index (χ1) is 11.7. The first-order valence-electron chi connectivity index (χ1n) is 8.28. The Hall–Kier alpha value is -1.98. The Bertz CT molecular complexity index is 737. The molecule has 3 atom stereocenters. The van der Waals surface area contributed by atoms with Crippen molar-refractivity contribution in [2.75, 3.05) is 12.1 Å². The highest BCUT2D eigenvalue weighted by Gasteiger charge is 2.40. The lowest BCUT2D eigenvalue weighted by molar-refractivity contribution is 0.0678. The van der Waals surface area contributed by atoms with E-state index in [1.807, 2.05) is 0 Å². The standard InChI is InChI=1S/C19H19F2NO2/c20-17-4-2-1-3-15(17)16-7-5-13(10-18(16)21)22-23-11-12-9-14-6-8-19(12)24-14/h1-5,7,10,12,14,19,22H,6,8-9,11H2/t12-,14+,19-/m0/s1. The number of rotatable bonds is 5. The molecule has 2 aliphatic rings. The Morgan fingerprint density at radius 3 is 2.58 bits per heavy atom. The minimum absolute atomic E-state index is 0.236. The average Bonchev–Trinajstić information content (AvgIpc) is 3.19. The molecule has 2 heterocycles. The van der Waals surface area contributed by atoms with Crippen molar-refractivity contribution in [3.63, 3.8) is 0 Å². The molecule has 0 radical (unpaired) electrons. The number of nitrogens with one attached hydrogen (secondary N) is 1. The van der Waals surface area contributed by atoms with Gasteiger partial charge < -0.3 is 4.74 Å². The number of anilines is 1. The quantitative estimate of drug-likeness (QED) is 0.816. The summed E-state index contributed by atoms with van der Waals surface area (Å²) in [6.45, 7) is 0.540. The SMILES string of the molecule is Fc1ccccc1-c1ccc(NOC[C@@H]2C[C@H]3CC[C@@H]2O3)cc1F. The van der Waals surface area contributed by atoms with Gasteiger partial charge >= 0.3 is 0 Å². The molecule has 0 saturated carbocycles. The maximum absolute atomic E-state index is 14.3. The van der Waals surface area contributed by atoms with Crippen LogP contribution in [0.3, 0.4) is 0 Å². The first kappa shape index (κ1) is 15.5. The zero-order chi connectivity index (χ0) is 16.5. The normalized spacial score (nSPS) is 25.2. The van der Waals surface area contributed by atoms with Gasteiger partial charge in [0, 0.05) is 17.0 Å². The van der Waals surface area contributed by atoms with Crippen LogP contribution in [0.1, 0.15) is 19.3 Å². The van der Waals surface area contributed by atoms with Crippen molar-refractivity contribution >= 4 is 5.69 Å². The molecule has 2 aromatic rings. The molecule has 126 valence electrons. The topological polar surface area (TPSA) is 30.5 Å². The number of halogens is 2. The molecule has 4 rings (SSSR count). The molecule has 2 saturated heterocycles. The lowest BCUT2D eigenvalue weighted by Gasteiger charge is -2.18. The second kappa shape index (κ2) is 6.49. The molecule has 2 aliphatic heterocycles. The second-order valence-corrected chi connectivity index (χ2v) is 6.46. The van der Waals surface area contributed by atoms with Crippen LogP contribution in [0.5, 0.6) is 0 Å². The van der Waals surface area contributed by atoms with E-state index in [4.69, 9.17) is 9.57 Å². The van der Waals surface area contributed by atoms with Crippen LogP contribution in [0.2, 0.25) is 0 Å². The molecular weight excluding hydrogens is 312 g/mol. The van der Waals surface area contributed by atoms with E-state index in [0.717, 1.165) is 19.3 Å². The van der Waals surface area contributed by atoms with Crippen LogP contribution in [-0.4, -0.2) is 18.8 Å². The molecule has 3 nitrogen and oxygen atoms in total. The Labute approximate surface area is 139 Å². The summed E-state index contributed by atoms with van der Waals surface area (Å²) >= 11 is 0. The highest BCUT2D eigenvalue weighted by Crippen LogP contribution is 2.38. The van der Waals surface area contributed by atoms with Crippen LogP contribution in [0.15, 0.2) is 42.5 Å². The van der Waals surface area contributed by atoms with Crippen LogP contribution < -0.4 is 5.48 Å². The monoisotopic (exact) mass is 331 g/mol. The van der Waals surface area contributed by atoms with Gasteiger partial charge in [-0.15, -0.1) is 0 Å². The van der Waals surface area contributed by atoms with Gasteiger partial charge in [-0.05, 0) is 43.5 Å². The van der Waals surface area contributed by atoms with Gasteiger partial charge in [0.25, 0.3) is 0 Å². The molecule has 0 aliphatic carbocycles. The predicted octanol–water partition coefficient (Wildman–Crippen LogP) is 4.54. The number of benzene rings is 2. The third-order valence-corrected chi connectivity index (χ3v) is 4.85. The predicted molar refractivity (Wildman–Crippen MR) is 87.4 cm³/mol. The minimum atomic E-state index is -0.489. The van der Waals surface area contributed by atoms with Gasteiger partial charge in [-0.3, -0.25) is 10.3 Å². The molecule has 0 aromatic heterocycles. The van der Waals surface area contributed by atoms with E-state index in [-0.39, 0.29) is 11.1 Å². The summed E-state index contributed by atoms with van der Waals surface area (Å²) in [7, 11) is 0. The van der Waals surface area contributed by atoms with Crippen molar-refractivity contribution in [2.24, 2.45) is 5.92 Å².